The minimum Gasteiger partial charge on any atom is -0.273 e. The second kappa shape index (κ2) is 8.68. The van der Waals surface area contributed by atoms with Gasteiger partial charge in [0.05, 0.1) is 0 Å². The zero-order valence-corrected chi connectivity index (χ0v) is 16.3. The van der Waals surface area contributed by atoms with Gasteiger partial charge in [0.15, 0.2) is 17.3 Å². The van der Waals surface area contributed by atoms with Gasteiger partial charge in [0.25, 0.3) is 0 Å². The Labute approximate surface area is 163 Å². The summed E-state index contributed by atoms with van der Waals surface area (Å²) in [4.78, 5) is 0. The van der Waals surface area contributed by atoms with E-state index < -0.39 is 23.6 Å². The maximum atomic E-state index is 14.6. The van der Waals surface area contributed by atoms with Crippen molar-refractivity contribution >= 4 is 0 Å². The average molecular weight is 404 g/mol. The summed E-state index contributed by atoms with van der Waals surface area (Å²) in [5.74, 6) is -0.959. The van der Waals surface area contributed by atoms with Gasteiger partial charge in [0.1, 0.15) is 0 Å². The highest BCUT2D eigenvalue weighted by Crippen LogP contribution is 2.49. The fraction of sp³-hybridized carbons (Fsp3) is 0.727. The molecule has 0 spiro atoms. The summed E-state index contributed by atoms with van der Waals surface area (Å²) in [6, 6.07) is 0. The highest BCUT2D eigenvalue weighted by molar-refractivity contribution is 5.39. The van der Waals surface area contributed by atoms with Crippen molar-refractivity contribution in [1.82, 2.24) is 0 Å². The molecule has 1 saturated carbocycles. The van der Waals surface area contributed by atoms with Gasteiger partial charge >= 0.3 is 6.36 Å². The first-order valence-electron chi connectivity index (χ1n) is 10.4. The van der Waals surface area contributed by atoms with Gasteiger partial charge in [-0.25, -0.2) is 8.78 Å². The zero-order valence-electron chi connectivity index (χ0n) is 16.3. The summed E-state index contributed by atoms with van der Waals surface area (Å²) >= 11 is 0. The Morgan fingerprint density at radius 3 is 2.36 bits per heavy atom. The van der Waals surface area contributed by atoms with Crippen LogP contribution in [-0.2, 0) is 4.74 Å². The van der Waals surface area contributed by atoms with E-state index in [2.05, 4.69) is 11.7 Å². The first kappa shape index (κ1) is 21.5. The summed E-state index contributed by atoms with van der Waals surface area (Å²) in [5, 5.41) is 0. The maximum Gasteiger partial charge on any atom is 0.523 e. The number of rotatable bonds is 5. The molecule has 3 aliphatic rings. The average Bonchev–Trinajstić information content (AvgIpc) is 2.66. The van der Waals surface area contributed by atoms with E-state index in [9.17, 15) is 22.0 Å². The molecule has 3 rings (SSSR count). The van der Waals surface area contributed by atoms with Crippen LogP contribution in [0.2, 0.25) is 0 Å². The first-order valence-corrected chi connectivity index (χ1v) is 10.4. The number of alkyl halides is 3. The highest BCUT2D eigenvalue weighted by Gasteiger charge is 2.51. The second-order valence-corrected chi connectivity index (χ2v) is 8.48. The van der Waals surface area contributed by atoms with Crippen LogP contribution in [0.4, 0.5) is 22.0 Å². The molecular formula is C22H29F5O. The molecule has 0 aromatic carbocycles. The standard InChI is InChI=1S/C22H29F5O/c1-2-4-15-6-8-16(9-7-15)17-10-12-18(13-11-17)21(28-22(25,26)27)14-3-5-19(23)20(21)24/h3,5,12,15-17H,2,4,6-11,13-14H2,1H3. The molecule has 3 aliphatic carbocycles. The number of hydrogen-bond acceptors (Lipinski definition) is 1. The molecule has 158 valence electrons. The van der Waals surface area contributed by atoms with Crippen LogP contribution in [0.15, 0.2) is 35.5 Å². The zero-order chi connectivity index (χ0) is 20.4. The van der Waals surface area contributed by atoms with Gasteiger partial charge < -0.3 is 0 Å². The number of halogens is 5. The van der Waals surface area contributed by atoms with Gasteiger partial charge in [-0.15, -0.1) is 13.2 Å². The van der Waals surface area contributed by atoms with E-state index in [4.69, 9.17) is 0 Å². The lowest BCUT2D eigenvalue weighted by molar-refractivity contribution is -0.356. The van der Waals surface area contributed by atoms with Gasteiger partial charge in [-0.2, -0.15) is 0 Å². The van der Waals surface area contributed by atoms with E-state index in [1.54, 1.807) is 6.08 Å². The number of hydrogen-bond donors (Lipinski definition) is 0. The van der Waals surface area contributed by atoms with Crippen molar-refractivity contribution in [3.63, 3.8) is 0 Å². The van der Waals surface area contributed by atoms with Crippen molar-refractivity contribution in [3.8, 4) is 0 Å². The summed E-state index contributed by atoms with van der Waals surface area (Å²) in [7, 11) is 0. The highest BCUT2D eigenvalue weighted by atomic mass is 19.4. The van der Waals surface area contributed by atoms with Gasteiger partial charge in [-0.3, -0.25) is 4.74 Å². The Morgan fingerprint density at radius 2 is 1.79 bits per heavy atom. The molecule has 0 saturated heterocycles. The van der Waals surface area contributed by atoms with Crippen LogP contribution in [0.25, 0.3) is 0 Å². The minimum atomic E-state index is -5.04. The van der Waals surface area contributed by atoms with Crippen molar-refractivity contribution in [2.75, 3.05) is 0 Å². The third-order valence-corrected chi connectivity index (χ3v) is 6.75. The molecule has 0 radical (unpaired) electrons. The monoisotopic (exact) mass is 404 g/mol. The number of ether oxygens (including phenoxy) is 1. The quantitative estimate of drug-likeness (QED) is 0.337. The van der Waals surface area contributed by atoms with Gasteiger partial charge in [-0.1, -0.05) is 44.8 Å². The first-order chi connectivity index (χ1) is 13.2. The molecule has 0 amide bonds. The van der Waals surface area contributed by atoms with Gasteiger partial charge in [-0.05, 0) is 61.5 Å². The summed E-state index contributed by atoms with van der Waals surface area (Å²) in [6.45, 7) is 2.20. The molecule has 0 heterocycles. The largest absolute Gasteiger partial charge is 0.523 e. The molecule has 0 N–H and O–H groups in total. The van der Waals surface area contributed by atoms with Crippen LogP contribution < -0.4 is 0 Å². The smallest absolute Gasteiger partial charge is 0.273 e. The third kappa shape index (κ3) is 4.69. The van der Waals surface area contributed by atoms with E-state index in [0.29, 0.717) is 31.1 Å². The minimum absolute atomic E-state index is 0.220. The van der Waals surface area contributed by atoms with Crippen molar-refractivity contribution in [2.45, 2.75) is 83.1 Å². The summed E-state index contributed by atoms with van der Waals surface area (Å²) in [6.07, 6.45) is 7.25. The lowest BCUT2D eigenvalue weighted by atomic mass is 9.69. The Morgan fingerprint density at radius 1 is 1.07 bits per heavy atom. The van der Waals surface area contributed by atoms with Gasteiger partial charge in [0, 0.05) is 6.42 Å². The maximum absolute atomic E-state index is 14.6. The van der Waals surface area contributed by atoms with Crippen molar-refractivity contribution < 1.29 is 26.7 Å². The summed E-state index contributed by atoms with van der Waals surface area (Å²) < 4.78 is 71.7. The van der Waals surface area contributed by atoms with E-state index in [1.165, 1.54) is 31.8 Å². The molecule has 1 fully saturated rings. The lowest BCUT2D eigenvalue weighted by Gasteiger charge is -2.40. The lowest BCUT2D eigenvalue weighted by Crippen LogP contribution is -2.43. The number of allylic oxidation sites excluding steroid dienone is 3. The van der Waals surface area contributed by atoms with E-state index >= 15 is 0 Å². The van der Waals surface area contributed by atoms with E-state index in [0.717, 1.165) is 24.8 Å². The van der Waals surface area contributed by atoms with E-state index in [-0.39, 0.29) is 12.0 Å². The van der Waals surface area contributed by atoms with Crippen LogP contribution >= 0.6 is 0 Å². The molecule has 0 aromatic rings. The molecular weight excluding hydrogens is 375 g/mol. The van der Waals surface area contributed by atoms with Crippen LogP contribution in [0.5, 0.6) is 0 Å². The Hall–Kier alpha value is -1.17. The normalized spacial score (nSPS) is 34.5. The van der Waals surface area contributed by atoms with Crippen LogP contribution in [-0.4, -0.2) is 12.0 Å². The van der Waals surface area contributed by atoms with Gasteiger partial charge in [0.2, 0.25) is 0 Å². The Bertz CT molecular complexity index is 640. The fourth-order valence-corrected chi connectivity index (χ4v) is 5.31. The third-order valence-electron chi connectivity index (χ3n) is 6.75. The summed E-state index contributed by atoms with van der Waals surface area (Å²) in [5.41, 5.74) is -2.15. The molecule has 6 heteroatoms. The molecule has 2 atom stereocenters. The van der Waals surface area contributed by atoms with Crippen LogP contribution in [0.1, 0.15) is 71.1 Å². The molecule has 2 unspecified atom stereocenters. The predicted molar refractivity (Wildman–Crippen MR) is 98.7 cm³/mol. The Balaban J connectivity index is 1.72. The predicted octanol–water partition coefficient (Wildman–Crippen LogP) is 7.71. The molecule has 1 nitrogen and oxygen atoms in total. The molecule has 0 aromatic heterocycles. The molecule has 28 heavy (non-hydrogen) atoms. The van der Waals surface area contributed by atoms with E-state index in [1.807, 2.05) is 0 Å². The van der Waals surface area contributed by atoms with Crippen LogP contribution in [0.3, 0.4) is 0 Å². The molecule has 0 bridgehead atoms. The second-order valence-electron chi connectivity index (χ2n) is 8.48. The van der Waals surface area contributed by atoms with Crippen molar-refractivity contribution in [1.29, 1.82) is 0 Å². The topological polar surface area (TPSA) is 9.23 Å². The Kier molecular flexibility index (Phi) is 6.68. The van der Waals surface area contributed by atoms with Crippen molar-refractivity contribution in [2.24, 2.45) is 17.8 Å². The molecule has 0 aliphatic heterocycles. The van der Waals surface area contributed by atoms with Crippen molar-refractivity contribution in [3.05, 3.63) is 35.5 Å². The SMILES string of the molecule is CCCC1CCC(C2CC=C(C3(OC(F)(F)F)CC=CC(F)=C3F)CC2)CC1. The fourth-order valence-electron chi connectivity index (χ4n) is 5.31. The van der Waals surface area contributed by atoms with Crippen LogP contribution in [0, 0.1) is 17.8 Å².